The second kappa shape index (κ2) is 5.59. The van der Waals surface area contributed by atoms with Gasteiger partial charge in [-0.15, -0.1) is 11.3 Å². The Balaban J connectivity index is 2.12. The molecule has 0 unspecified atom stereocenters. The molecule has 0 saturated heterocycles. The Kier molecular flexibility index (Phi) is 3.88. The molecule has 1 N–H and O–H groups in total. The molecule has 0 amide bonds. The third kappa shape index (κ3) is 2.84. The summed E-state index contributed by atoms with van der Waals surface area (Å²) in [6.07, 6.45) is 1.71. The molecule has 6 heteroatoms. The van der Waals surface area contributed by atoms with Crippen LogP contribution in [0.1, 0.15) is 15.4 Å². The summed E-state index contributed by atoms with van der Waals surface area (Å²) in [5, 5.41) is 5.86. The number of anilines is 1. The van der Waals surface area contributed by atoms with Crippen LogP contribution < -0.4 is 5.32 Å². The van der Waals surface area contributed by atoms with Crippen LogP contribution in [-0.2, 0) is 11.3 Å². The van der Waals surface area contributed by atoms with Crippen molar-refractivity contribution in [3.8, 4) is 0 Å². The van der Waals surface area contributed by atoms with Crippen LogP contribution in [0.4, 0.5) is 10.1 Å². The molecule has 1 aromatic heterocycles. The molecule has 0 bridgehead atoms. The van der Waals surface area contributed by atoms with Crippen molar-refractivity contribution >= 4 is 23.0 Å². The molecule has 4 nitrogen and oxygen atoms in total. The Morgan fingerprint density at radius 3 is 3.06 bits per heavy atom. The van der Waals surface area contributed by atoms with Gasteiger partial charge in [0.2, 0.25) is 0 Å². The Bertz CT molecular complexity index is 543. The summed E-state index contributed by atoms with van der Waals surface area (Å²) in [6.45, 7) is 0.532. The highest BCUT2D eigenvalue weighted by Gasteiger charge is 2.12. The summed E-state index contributed by atoms with van der Waals surface area (Å²) in [7, 11) is 1.22. The quantitative estimate of drug-likeness (QED) is 0.864. The number of methoxy groups -OCH3 is 1. The molecule has 0 aliphatic heterocycles. The van der Waals surface area contributed by atoms with Gasteiger partial charge in [0, 0.05) is 17.3 Å². The summed E-state index contributed by atoms with van der Waals surface area (Å²) in [5.41, 5.74) is 0.564. The maximum absolute atomic E-state index is 13.4. The lowest BCUT2D eigenvalue weighted by Crippen LogP contribution is -2.06. The highest BCUT2D eigenvalue weighted by atomic mass is 32.1. The van der Waals surface area contributed by atoms with Crippen molar-refractivity contribution < 1.29 is 13.9 Å². The van der Waals surface area contributed by atoms with E-state index in [0.29, 0.717) is 12.2 Å². The average molecular weight is 266 g/mol. The smallest absolute Gasteiger partial charge is 0.340 e. The van der Waals surface area contributed by atoms with E-state index in [1.54, 1.807) is 12.3 Å². The fourth-order valence-electron chi connectivity index (χ4n) is 1.42. The highest BCUT2D eigenvalue weighted by molar-refractivity contribution is 7.09. The third-order valence-electron chi connectivity index (χ3n) is 2.30. The Hall–Kier alpha value is -1.95. The first-order valence-corrected chi connectivity index (χ1v) is 6.09. The SMILES string of the molecule is COC(=O)c1cc(NCc2nccs2)ccc1F. The number of thiazole rings is 1. The molecule has 0 fully saturated rings. The van der Waals surface area contributed by atoms with Gasteiger partial charge in [-0.05, 0) is 18.2 Å². The minimum absolute atomic E-state index is 0.0818. The lowest BCUT2D eigenvalue weighted by molar-refractivity contribution is 0.0595. The molecule has 1 heterocycles. The number of esters is 1. The molecular formula is C12H11FN2O2S. The maximum atomic E-state index is 13.4. The van der Waals surface area contributed by atoms with Crippen molar-refractivity contribution in [2.75, 3.05) is 12.4 Å². The molecule has 0 spiro atoms. The van der Waals surface area contributed by atoms with E-state index in [1.807, 2.05) is 5.38 Å². The van der Waals surface area contributed by atoms with Crippen LogP contribution in [-0.4, -0.2) is 18.1 Å². The van der Waals surface area contributed by atoms with Gasteiger partial charge in [-0.1, -0.05) is 0 Å². The van der Waals surface area contributed by atoms with Crippen LogP contribution in [0.3, 0.4) is 0 Å². The normalized spacial score (nSPS) is 10.1. The van der Waals surface area contributed by atoms with Crippen LogP contribution in [0.25, 0.3) is 0 Å². The van der Waals surface area contributed by atoms with Gasteiger partial charge in [-0.3, -0.25) is 0 Å². The second-order valence-electron chi connectivity index (χ2n) is 3.47. The van der Waals surface area contributed by atoms with Crippen molar-refractivity contribution in [2.24, 2.45) is 0 Å². The lowest BCUT2D eigenvalue weighted by Gasteiger charge is -2.07. The van der Waals surface area contributed by atoms with Gasteiger partial charge >= 0.3 is 5.97 Å². The summed E-state index contributed by atoms with van der Waals surface area (Å²) in [6, 6.07) is 4.22. The first-order chi connectivity index (χ1) is 8.70. The van der Waals surface area contributed by atoms with Crippen LogP contribution >= 0.6 is 11.3 Å². The van der Waals surface area contributed by atoms with Crippen molar-refractivity contribution in [1.82, 2.24) is 4.98 Å². The van der Waals surface area contributed by atoms with Gasteiger partial charge in [-0.2, -0.15) is 0 Å². The first kappa shape index (κ1) is 12.5. The number of ether oxygens (including phenoxy) is 1. The Labute approximate surface area is 107 Å². The zero-order valence-electron chi connectivity index (χ0n) is 9.64. The van der Waals surface area contributed by atoms with E-state index in [-0.39, 0.29) is 5.56 Å². The number of carbonyl (C=O) groups excluding carboxylic acids is 1. The minimum atomic E-state index is -0.689. The molecule has 2 rings (SSSR count). The van der Waals surface area contributed by atoms with Crippen LogP contribution in [0.2, 0.25) is 0 Å². The summed E-state index contributed by atoms with van der Waals surface area (Å²) < 4.78 is 17.9. The second-order valence-corrected chi connectivity index (χ2v) is 4.44. The fraction of sp³-hybridized carbons (Fsp3) is 0.167. The Morgan fingerprint density at radius 1 is 1.56 bits per heavy atom. The monoisotopic (exact) mass is 266 g/mol. The minimum Gasteiger partial charge on any atom is -0.465 e. The topological polar surface area (TPSA) is 51.2 Å². The summed E-state index contributed by atoms with van der Waals surface area (Å²) >= 11 is 1.52. The molecule has 18 heavy (non-hydrogen) atoms. The van der Waals surface area contributed by atoms with Gasteiger partial charge in [0.1, 0.15) is 10.8 Å². The molecule has 1 aromatic carbocycles. The number of hydrogen-bond acceptors (Lipinski definition) is 5. The number of carbonyl (C=O) groups is 1. The number of benzene rings is 1. The number of nitrogens with zero attached hydrogens (tertiary/aromatic N) is 1. The first-order valence-electron chi connectivity index (χ1n) is 5.21. The van der Waals surface area contributed by atoms with Crippen LogP contribution in [0.15, 0.2) is 29.8 Å². The number of nitrogens with one attached hydrogen (secondary N) is 1. The van der Waals surface area contributed by atoms with Crippen LogP contribution in [0.5, 0.6) is 0 Å². The van der Waals surface area contributed by atoms with Crippen molar-refractivity contribution in [2.45, 2.75) is 6.54 Å². The molecule has 0 atom stereocenters. The van der Waals surface area contributed by atoms with E-state index < -0.39 is 11.8 Å². The number of halogens is 1. The number of rotatable bonds is 4. The fourth-order valence-corrected chi connectivity index (χ4v) is 1.98. The number of hydrogen-bond donors (Lipinski definition) is 1. The van der Waals surface area contributed by atoms with E-state index in [0.717, 1.165) is 5.01 Å². The molecule has 0 radical (unpaired) electrons. The summed E-state index contributed by atoms with van der Waals surface area (Å²) in [5.74, 6) is -1.29. The van der Waals surface area contributed by atoms with Gasteiger partial charge < -0.3 is 10.1 Å². The molecular weight excluding hydrogens is 255 g/mol. The molecule has 0 saturated carbocycles. The van der Waals surface area contributed by atoms with Gasteiger partial charge in [0.25, 0.3) is 0 Å². The van der Waals surface area contributed by atoms with E-state index in [4.69, 9.17) is 0 Å². The largest absolute Gasteiger partial charge is 0.465 e. The van der Waals surface area contributed by atoms with Gasteiger partial charge in [-0.25, -0.2) is 14.2 Å². The van der Waals surface area contributed by atoms with E-state index >= 15 is 0 Å². The van der Waals surface area contributed by atoms with Gasteiger partial charge in [0.15, 0.2) is 0 Å². The Morgan fingerprint density at radius 2 is 2.39 bits per heavy atom. The predicted molar refractivity (Wildman–Crippen MR) is 67.2 cm³/mol. The third-order valence-corrected chi connectivity index (χ3v) is 3.08. The maximum Gasteiger partial charge on any atom is 0.340 e. The standard InChI is InChI=1S/C12H11FN2O2S/c1-17-12(16)9-6-8(2-3-10(9)13)15-7-11-14-4-5-18-11/h2-6,15H,7H2,1H3. The molecule has 0 aliphatic rings. The molecule has 2 aromatic rings. The van der Waals surface area contributed by atoms with Crippen molar-refractivity contribution in [3.05, 3.63) is 46.2 Å². The zero-order chi connectivity index (χ0) is 13.0. The van der Waals surface area contributed by atoms with Crippen molar-refractivity contribution in [3.63, 3.8) is 0 Å². The number of aromatic nitrogens is 1. The lowest BCUT2D eigenvalue weighted by atomic mass is 10.2. The van der Waals surface area contributed by atoms with Crippen LogP contribution in [0, 0.1) is 5.82 Å². The predicted octanol–water partition coefficient (Wildman–Crippen LogP) is 2.68. The van der Waals surface area contributed by atoms with E-state index in [1.165, 1.54) is 30.6 Å². The summed E-state index contributed by atoms with van der Waals surface area (Å²) in [4.78, 5) is 15.4. The van der Waals surface area contributed by atoms with E-state index in [2.05, 4.69) is 15.0 Å². The molecule has 0 aliphatic carbocycles. The highest BCUT2D eigenvalue weighted by Crippen LogP contribution is 2.17. The zero-order valence-corrected chi connectivity index (χ0v) is 10.5. The van der Waals surface area contributed by atoms with Gasteiger partial charge in [0.05, 0.1) is 19.2 Å². The molecule has 94 valence electrons. The van der Waals surface area contributed by atoms with Crippen molar-refractivity contribution in [1.29, 1.82) is 0 Å². The average Bonchev–Trinajstić information content (AvgIpc) is 2.90. The van der Waals surface area contributed by atoms with E-state index in [9.17, 15) is 9.18 Å².